The van der Waals surface area contributed by atoms with E-state index in [9.17, 15) is 0 Å². The maximum absolute atomic E-state index is 4.60. The van der Waals surface area contributed by atoms with Gasteiger partial charge in [0.2, 0.25) is 0 Å². The summed E-state index contributed by atoms with van der Waals surface area (Å²) in [6, 6.07) is 1.11. The van der Waals surface area contributed by atoms with E-state index in [4.69, 9.17) is 0 Å². The largest absolute Gasteiger partial charge is 0.343 e. The van der Waals surface area contributed by atoms with Crippen LogP contribution >= 0.6 is 23.1 Å². The summed E-state index contributed by atoms with van der Waals surface area (Å²) in [5.41, 5.74) is 0. The van der Waals surface area contributed by atoms with E-state index in [0.717, 1.165) is 13.1 Å². The summed E-state index contributed by atoms with van der Waals surface area (Å²) in [7, 11) is 0. The Balaban J connectivity index is 2.00. The highest BCUT2D eigenvalue weighted by atomic mass is 32.2. The molecular formula is C13H23N3S2. The zero-order chi connectivity index (χ0) is 13.1. The van der Waals surface area contributed by atoms with Crippen LogP contribution in [0.25, 0.3) is 0 Å². The molecule has 102 valence electrons. The van der Waals surface area contributed by atoms with Crippen molar-refractivity contribution in [3.63, 3.8) is 0 Å². The molecule has 2 atom stereocenters. The van der Waals surface area contributed by atoms with Crippen LogP contribution in [0.3, 0.4) is 0 Å². The van der Waals surface area contributed by atoms with Gasteiger partial charge in [-0.15, -0.1) is 11.3 Å². The molecule has 5 heteroatoms. The van der Waals surface area contributed by atoms with Crippen LogP contribution in [0.15, 0.2) is 6.20 Å². The van der Waals surface area contributed by atoms with Gasteiger partial charge >= 0.3 is 0 Å². The van der Waals surface area contributed by atoms with Crippen LogP contribution in [0.2, 0.25) is 0 Å². The summed E-state index contributed by atoms with van der Waals surface area (Å²) in [4.78, 5) is 8.39. The van der Waals surface area contributed by atoms with Crippen LogP contribution in [0.4, 0.5) is 5.13 Å². The minimum Gasteiger partial charge on any atom is -0.343 e. The zero-order valence-corrected chi connectivity index (χ0v) is 13.3. The monoisotopic (exact) mass is 285 g/mol. The third-order valence-corrected chi connectivity index (χ3v) is 5.73. The molecule has 1 aromatic heterocycles. The fourth-order valence-electron chi connectivity index (χ4n) is 2.02. The summed E-state index contributed by atoms with van der Waals surface area (Å²) in [5, 5.41) is 5.33. The van der Waals surface area contributed by atoms with E-state index < -0.39 is 0 Å². The average Bonchev–Trinajstić information content (AvgIpc) is 2.78. The quantitative estimate of drug-likeness (QED) is 0.920. The minimum atomic E-state index is 0.529. The summed E-state index contributed by atoms with van der Waals surface area (Å²) < 4.78 is 0. The van der Waals surface area contributed by atoms with E-state index in [0.29, 0.717) is 17.3 Å². The highest BCUT2D eigenvalue weighted by Gasteiger charge is 2.27. The predicted octanol–water partition coefficient (Wildman–Crippen LogP) is 2.97. The van der Waals surface area contributed by atoms with Crippen LogP contribution < -0.4 is 10.2 Å². The van der Waals surface area contributed by atoms with Gasteiger partial charge in [-0.1, -0.05) is 20.8 Å². The Morgan fingerprint density at radius 1 is 1.50 bits per heavy atom. The van der Waals surface area contributed by atoms with Crippen LogP contribution in [0.1, 0.15) is 32.6 Å². The highest BCUT2D eigenvalue weighted by molar-refractivity contribution is 8.00. The Bertz CT molecular complexity index is 378. The van der Waals surface area contributed by atoms with Crippen molar-refractivity contribution in [2.75, 3.05) is 17.2 Å². The van der Waals surface area contributed by atoms with E-state index in [2.05, 4.69) is 54.7 Å². The molecule has 2 heterocycles. The van der Waals surface area contributed by atoms with Crippen molar-refractivity contribution in [3.05, 3.63) is 11.1 Å². The molecule has 2 unspecified atom stereocenters. The van der Waals surface area contributed by atoms with Gasteiger partial charge in [0.1, 0.15) is 0 Å². The Morgan fingerprint density at radius 3 is 3.00 bits per heavy atom. The van der Waals surface area contributed by atoms with Crippen molar-refractivity contribution < 1.29 is 0 Å². The lowest BCUT2D eigenvalue weighted by molar-refractivity contribution is 0.593. The number of nitrogens with zero attached hydrogens (tertiary/aromatic N) is 2. The summed E-state index contributed by atoms with van der Waals surface area (Å²) in [6.07, 6.45) is 2.02. The topological polar surface area (TPSA) is 28.2 Å². The van der Waals surface area contributed by atoms with Gasteiger partial charge in [0.15, 0.2) is 5.13 Å². The van der Waals surface area contributed by atoms with E-state index in [1.54, 1.807) is 0 Å². The molecule has 0 radical (unpaired) electrons. The molecule has 0 spiro atoms. The number of thiazole rings is 1. The van der Waals surface area contributed by atoms with Crippen molar-refractivity contribution in [2.24, 2.45) is 0 Å². The highest BCUT2D eigenvalue weighted by Crippen LogP contribution is 2.31. The summed E-state index contributed by atoms with van der Waals surface area (Å²) >= 11 is 3.90. The Hall–Kier alpha value is -0.260. The van der Waals surface area contributed by atoms with Crippen LogP contribution in [0.5, 0.6) is 0 Å². The number of aromatic nitrogens is 1. The van der Waals surface area contributed by atoms with Gasteiger partial charge in [-0.2, -0.15) is 11.8 Å². The third kappa shape index (κ3) is 3.39. The van der Waals surface area contributed by atoms with Crippen molar-refractivity contribution >= 4 is 28.2 Å². The second-order valence-electron chi connectivity index (χ2n) is 5.15. The van der Waals surface area contributed by atoms with Gasteiger partial charge in [0.05, 0.1) is 0 Å². The molecule has 1 saturated heterocycles. The first kappa shape index (κ1) is 14.2. The maximum Gasteiger partial charge on any atom is 0.185 e. The number of hydrogen-bond donors (Lipinski definition) is 1. The number of anilines is 1. The molecular weight excluding hydrogens is 262 g/mol. The first-order valence-corrected chi connectivity index (χ1v) is 8.50. The van der Waals surface area contributed by atoms with Gasteiger partial charge in [0, 0.05) is 47.2 Å². The summed E-state index contributed by atoms with van der Waals surface area (Å²) in [5.74, 6) is 1.21. The molecule has 1 fully saturated rings. The zero-order valence-electron chi connectivity index (χ0n) is 11.6. The first-order valence-electron chi connectivity index (χ1n) is 6.64. The van der Waals surface area contributed by atoms with Gasteiger partial charge in [0.25, 0.3) is 0 Å². The SMILES string of the molecule is CC(C)NCc1cnc(N2CCSC(C)C2C)s1. The fourth-order valence-corrected chi connectivity index (χ4v) is 4.09. The number of rotatable bonds is 4. The van der Waals surface area contributed by atoms with E-state index in [1.807, 2.05) is 17.5 Å². The van der Waals surface area contributed by atoms with Crippen molar-refractivity contribution in [3.8, 4) is 0 Å². The number of thioether (sulfide) groups is 1. The second-order valence-corrected chi connectivity index (χ2v) is 7.73. The molecule has 0 bridgehead atoms. The lowest BCUT2D eigenvalue weighted by atomic mass is 10.2. The van der Waals surface area contributed by atoms with E-state index in [-0.39, 0.29) is 0 Å². The van der Waals surface area contributed by atoms with Gasteiger partial charge < -0.3 is 10.2 Å². The predicted molar refractivity (Wildman–Crippen MR) is 82.8 cm³/mol. The molecule has 1 aromatic rings. The van der Waals surface area contributed by atoms with E-state index >= 15 is 0 Å². The van der Waals surface area contributed by atoms with Crippen LogP contribution in [0, 0.1) is 0 Å². The number of hydrogen-bond acceptors (Lipinski definition) is 5. The normalized spacial score (nSPS) is 24.8. The molecule has 0 amide bonds. The van der Waals surface area contributed by atoms with Crippen LogP contribution in [-0.4, -0.2) is 34.6 Å². The molecule has 1 aliphatic heterocycles. The van der Waals surface area contributed by atoms with Crippen molar-refractivity contribution in [1.82, 2.24) is 10.3 Å². The lowest BCUT2D eigenvalue weighted by Crippen LogP contribution is -2.44. The molecule has 0 saturated carbocycles. The standard InChI is InChI=1S/C13H23N3S2/c1-9(2)14-7-12-8-15-13(18-12)16-5-6-17-11(4)10(16)3/h8-11,14H,5-7H2,1-4H3. The first-order chi connectivity index (χ1) is 8.58. The fraction of sp³-hybridized carbons (Fsp3) is 0.769. The molecule has 1 N–H and O–H groups in total. The lowest BCUT2D eigenvalue weighted by Gasteiger charge is -2.37. The smallest absolute Gasteiger partial charge is 0.185 e. The third-order valence-electron chi connectivity index (χ3n) is 3.36. The van der Waals surface area contributed by atoms with Crippen molar-refractivity contribution in [2.45, 2.75) is 51.6 Å². The van der Waals surface area contributed by atoms with Gasteiger partial charge in [-0.3, -0.25) is 0 Å². The molecule has 18 heavy (non-hydrogen) atoms. The summed E-state index contributed by atoms with van der Waals surface area (Å²) in [6.45, 7) is 11.0. The molecule has 0 aromatic carbocycles. The van der Waals surface area contributed by atoms with Gasteiger partial charge in [-0.25, -0.2) is 4.98 Å². The van der Waals surface area contributed by atoms with E-state index in [1.165, 1.54) is 15.8 Å². The maximum atomic E-state index is 4.60. The van der Waals surface area contributed by atoms with Crippen LogP contribution in [-0.2, 0) is 6.54 Å². The molecule has 0 aliphatic carbocycles. The minimum absolute atomic E-state index is 0.529. The molecule has 2 rings (SSSR count). The Kier molecular flexibility index (Phi) is 4.92. The van der Waals surface area contributed by atoms with Gasteiger partial charge in [-0.05, 0) is 6.92 Å². The second kappa shape index (κ2) is 6.26. The Labute approximate surface area is 118 Å². The molecule has 3 nitrogen and oxygen atoms in total. The Morgan fingerprint density at radius 2 is 2.28 bits per heavy atom. The van der Waals surface area contributed by atoms with Crippen molar-refractivity contribution in [1.29, 1.82) is 0 Å². The number of nitrogens with one attached hydrogen (secondary N) is 1. The average molecular weight is 285 g/mol. The molecule has 1 aliphatic rings.